The number of carbonyl (C=O) groups is 1. The molecule has 0 bridgehead atoms. The number of aromatic nitrogens is 2. The summed E-state index contributed by atoms with van der Waals surface area (Å²) in [5.41, 5.74) is -0.295. The standard InChI is InChI=1S/C15H26N4O4/c1-11-16-13(17-23-11)7-19-6-12(22-15(2,3)10-19)8-21-9-14(20)18(4)5/h12H,6-10H2,1-5H3/t12-/m1/s1. The summed E-state index contributed by atoms with van der Waals surface area (Å²) in [6.45, 7) is 8.38. The second kappa shape index (κ2) is 7.37. The molecule has 1 aliphatic heterocycles. The van der Waals surface area contributed by atoms with Gasteiger partial charge < -0.3 is 18.9 Å². The van der Waals surface area contributed by atoms with E-state index in [0.717, 1.165) is 6.54 Å². The van der Waals surface area contributed by atoms with Gasteiger partial charge in [-0.25, -0.2) is 0 Å². The van der Waals surface area contributed by atoms with Gasteiger partial charge in [-0.1, -0.05) is 5.16 Å². The van der Waals surface area contributed by atoms with Crippen molar-refractivity contribution >= 4 is 5.91 Å². The number of nitrogens with zero attached hydrogens (tertiary/aromatic N) is 4. The molecule has 1 aromatic heterocycles. The maximum absolute atomic E-state index is 11.5. The summed E-state index contributed by atoms with van der Waals surface area (Å²) >= 11 is 0. The number of aryl methyl sites for hydroxylation is 1. The molecule has 0 aromatic carbocycles. The molecule has 2 rings (SSSR count). The van der Waals surface area contributed by atoms with Crippen LogP contribution in [0.1, 0.15) is 25.6 Å². The minimum Gasteiger partial charge on any atom is -0.369 e. The van der Waals surface area contributed by atoms with Crippen LogP contribution in [0.2, 0.25) is 0 Å². The third-order valence-corrected chi connectivity index (χ3v) is 3.51. The van der Waals surface area contributed by atoms with Crippen LogP contribution in [0, 0.1) is 6.92 Å². The van der Waals surface area contributed by atoms with Gasteiger partial charge in [0.15, 0.2) is 5.82 Å². The fourth-order valence-corrected chi connectivity index (χ4v) is 2.64. The van der Waals surface area contributed by atoms with Crippen molar-refractivity contribution in [3.63, 3.8) is 0 Å². The van der Waals surface area contributed by atoms with Gasteiger partial charge in [0.05, 0.1) is 24.9 Å². The topological polar surface area (TPSA) is 80.9 Å². The van der Waals surface area contributed by atoms with Crippen molar-refractivity contribution < 1.29 is 18.8 Å². The smallest absolute Gasteiger partial charge is 0.248 e. The minimum absolute atomic E-state index is 0.0563. The van der Waals surface area contributed by atoms with E-state index in [4.69, 9.17) is 14.0 Å². The lowest BCUT2D eigenvalue weighted by atomic mass is 10.1. The van der Waals surface area contributed by atoms with E-state index in [1.54, 1.807) is 21.0 Å². The molecule has 0 spiro atoms. The molecular weight excluding hydrogens is 300 g/mol. The van der Waals surface area contributed by atoms with Gasteiger partial charge in [-0.15, -0.1) is 0 Å². The van der Waals surface area contributed by atoms with E-state index in [1.165, 1.54) is 4.90 Å². The largest absolute Gasteiger partial charge is 0.369 e. The molecule has 1 fully saturated rings. The molecule has 0 unspecified atom stereocenters. The van der Waals surface area contributed by atoms with Crippen LogP contribution in [-0.2, 0) is 20.8 Å². The zero-order valence-electron chi connectivity index (χ0n) is 14.5. The first-order valence-electron chi connectivity index (χ1n) is 7.72. The molecule has 1 saturated heterocycles. The van der Waals surface area contributed by atoms with Crippen LogP contribution in [0.3, 0.4) is 0 Å². The van der Waals surface area contributed by atoms with Gasteiger partial charge in [-0.05, 0) is 13.8 Å². The predicted molar refractivity (Wildman–Crippen MR) is 82.8 cm³/mol. The normalized spacial score (nSPS) is 21.3. The number of likely N-dealkylation sites (N-methyl/N-ethyl adjacent to an activating group) is 1. The molecule has 8 heteroatoms. The molecule has 1 aromatic rings. The van der Waals surface area contributed by atoms with E-state index in [0.29, 0.717) is 31.4 Å². The molecule has 8 nitrogen and oxygen atoms in total. The van der Waals surface area contributed by atoms with Crippen molar-refractivity contribution in [2.24, 2.45) is 0 Å². The molecule has 23 heavy (non-hydrogen) atoms. The average molecular weight is 326 g/mol. The second-order valence-electron chi connectivity index (χ2n) is 6.70. The number of morpholine rings is 1. The van der Waals surface area contributed by atoms with E-state index in [1.807, 2.05) is 13.8 Å². The van der Waals surface area contributed by atoms with Crippen LogP contribution >= 0.6 is 0 Å². The van der Waals surface area contributed by atoms with E-state index in [-0.39, 0.29) is 24.2 Å². The Balaban J connectivity index is 1.86. The van der Waals surface area contributed by atoms with Crippen molar-refractivity contribution in [1.82, 2.24) is 19.9 Å². The molecule has 0 saturated carbocycles. The summed E-state index contributed by atoms with van der Waals surface area (Å²) < 4.78 is 16.5. The highest BCUT2D eigenvalue weighted by Crippen LogP contribution is 2.22. The molecule has 1 atom stereocenters. The number of hydrogen-bond acceptors (Lipinski definition) is 7. The Hall–Kier alpha value is -1.51. The highest BCUT2D eigenvalue weighted by molar-refractivity contribution is 5.76. The summed E-state index contributed by atoms with van der Waals surface area (Å²) in [4.78, 5) is 19.5. The maximum atomic E-state index is 11.5. The summed E-state index contributed by atoms with van der Waals surface area (Å²) in [5, 5.41) is 3.94. The van der Waals surface area contributed by atoms with E-state index < -0.39 is 0 Å². The Kier molecular flexibility index (Phi) is 5.72. The number of hydrogen-bond donors (Lipinski definition) is 0. The highest BCUT2D eigenvalue weighted by Gasteiger charge is 2.34. The lowest BCUT2D eigenvalue weighted by Gasteiger charge is -2.42. The van der Waals surface area contributed by atoms with Gasteiger partial charge in [0.2, 0.25) is 11.8 Å². The van der Waals surface area contributed by atoms with Gasteiger partial charge in [0, 0.05) is 34.1 Å². The lowest BCUT2D eigenvalue weighted by molar-refractivity contribution is -0.161. The zero-order chi connectivity index (χ0) is 17.0. The number of amides is 1. The third-order valence-electron chi connectivity index (χ3n) is 3.51. The molecule has 0 radical (unpaired) electrons. The SMILES string of the molecule is Cc1nc(CN2C[C@H](COCC(=O)N(C)C)OC(C)(C)C2)no1. The molecule has 0 N–H and O–H groups in total. The Morgan fingerprint density at radius 1 is 1.48 bits per heavy atom. The number of carbonyl (C=O) groups excluding carboxylic acids is 1. The molecule has 2 heterocycles. The van der Waals surface area contributed by atoms with Gasteiger partial charge in [0.1, 0.15) is 6.61 Å². The predicted octanol–water partition coefficient (Wildman–Crippen LogP) is 0.462. The molecule has 1 aliphatic rings. The van der Waals surface area contributed by atoms with E-state index in [2.05, 4.69) is 15.0 Å². The average Bonchev–Trinajstić information content (AvgIpc) is 2.82. The first-order valence-corrected chi connectivity index (χ1v) is 7.72. The maximum Gasteiger partial charge on any atom is 0.248 e. The Bertz CT molecular complexity index is 529. The Morgan fingerprint density at radius 3 is 2.83 bits per heavy atom. The van der Waals surface area contributed by atoms with Crippen molar-refractivity contribution in [2.75, 3.05) is 40.4 Å². The zero-order valence-corrected chi connectivity index (χ0v) is 14.5. The van der Waals surface area contributed by atoms with Crippen molar-refractivity contribution in [3.05, 3.63) is 11.7 Å². The van der Waals surface area contributed by atoms with Crippen LogP contribution in [0.25, 0.3) is 0 Å². The molecule has 130 valence electrons. The minimum atomic E-state index is -0.295. The summed E-state index contributed by atoms with van der Waals surface area (Å²) in [6, 6.07) is 0. The highest BCUT2D eigenvalue weighted by atomic mass is 16.6. The van der Waals surface area contributed by atoms with Crippen LogP contribution in [-0.4, -0.2) is 78.0 Å². The van der Waals surface area contributed by atoms with Crippen molar-refractivity contribution in [2.45, 2.75) is 39.0 Å². The van der Waals surface area contributed by atoms with Gasteiger partial charge in [-0.3, -0.25) is 9.69 Å². The molecule has 1 amide bonds. The van der Waals surface area contributed by atoms with E-state index >= 15 is 0 Å². The van der Waals surface area contributed by atoms with Crippen molar-refractivity contribution in [1.29, 1.82) is 0 Å². The van der Waals surface area contributed by atoms with E-state index in [9.17, 15) is 4.79 Å². The van der Waals surface area contributed by atoms with Crippen LogP contribution in [0.4, 0.5) is 0 Å². The monoisotopic (exact) mass is 326 g/mol. The summed E-state index contributed by atoms with van der Waals surface area (Å²) in [5.74, 6) is 1.18. The van der Waals surface area contributed by atoms with Gasteiger partial charge >= 0.3 is 0 Å². The summed E-state index contributed by atoms with van der Waals surface area (Å²) in [6.07, 6.45) is -0.0956. The quantitative estimate of drug-likeness (QED) is 0.751. The van der Waals surface area contributed by atoms with Crippen molar-refractivity contribution in [3.8, 4) is 0 Å². The second-order valence-corrected chi connectivity index (χ2v) is 6.70. The van der Waals surface area contributed by atoms with Gasteiger partial charge in [-0.2, -0.15) is 4.98 Å². The Labute approximate surface area is 136 Å². The first-order chi connectivity index (χ1) is 10.7. The number of rotatable bonds is 6. The lowest BCUT2D eigenvalue weighted by Crippen LogP contribution is -2.53. The summed E-state index contributed by atoms with van der Waals surface area (Å²) in [7, 11) is 3.42. The molecule has 0 aliphatic carbocycles. The first kappa shape index (κ1) is 17.8. The Morgan fingerprint density at radius 2 is 2.22 bits per heavy atom. The van der Waals surface area contributed by atoms with Crippen LogP contribution < -0.4 is 0 Å². The third kappa shape index (κ3) is 5.56. The van der Waals surface area contributed by atoms with Crippen LogP contribution in [0.5, 0.6) is 0 Å². The molecular formula is C15H26N4O4. The van der Waals surface area contributed by atoms with Gasteiger partial charge in [0.25, 0.3) is 0 Å². The number of ether oxygens (including phenoxy) is 2. The fraction of sp³-hybridized carbons (Fsp3) is 0.800. The fourth-order valence-electron chi connectivity index (χ4n) is 2.64. The van der Waals surface area contributed by atoms with Crippen LogP contribution in [0.15, 0.2) is 4.52 Å².